The Kier molecular flexibility index (Phi) is 2.87. The standard InChI is InChI=1S/C13H13N5S/c1-7-3-4-8(2)9(5-7)19-13-17-10-11(14)15-6-16-12(10)18-13/h3-6H,1-2H3,(H3,14,15,16,17,18). The van der Waals surface area contributed by atoms with Crippen LogP contribution in [0.25, 0.3) is 11.2 Å². The van der Waals surface area contributed by atoms with Crippen molar-refractivity contribution < 1.29 is 0 Å². The molecule has 0 bridgehead atoms. The third-order valence-electron chi connectivity index (χ3n) is 2.85. The molecule has 96 valence electrons. The first kappa shape index (κ1) is 12.0. The second-order valence-corrected chi connectivity index (χ2v) is 5.40. The number of hydrogen-bond donors (Lipinski definition) is 2. The molecule has 0 saturated carbocycles. The van der Waals surface area contributed by atoms with Gasteiger partial charge in [0.2, 0.25) is 0 Å². The molecular formula is C13H13N5S. The molecular weight excluding hydrogens is 258 g/mol. The molecule has 3 aromatic rings. The van der Waals surface area contributed by atoms with Gasteiger partial charge in [-0.25, -0.2) is 15.0 Å². The quantitative estimate of drug-likeness (QED) is 0.749. The second kappa shape index (κ2) is 4.55. The monoisotopic (exact) mass is 271 g/mol. The van der Waals surface area contributed by atoms with Crippen LogP contribution in [-0.4, -0.2) is 19.9 Å². The summed E-state index contributed by atoms with van der Waals surface area (Å²) in [6.07, 6.45) is 1.42. The van der Waals surface area contributed by atoms with Crippen molar-refractivity contribution >= 4 is 28.7 Å². The Balaban J connectivity index is 2.01. The number of H-pyrrole nitrogens is 1. The predicted octanol–water partition coefficient (Wildman–Crippen LogP) is 2.70. The number of rotatable bonds is 2. The molecule has 0 fully saturated rings. The Morgan fingerprint density at radius 2 is 2.05 bits per heavy atom. The lowest BCUT2D eigenvalue weighted by molar-refractivity contribution is 1.07. The van der Waals surface area contributed by atoms with Gasteiger partial charge < -0.3 is 10.7 Å². The van der Waals surface area contributed by atoms with Crippen LogP contribution in [0.4, 0.5) is 5.82 Å². The molecule has 0 atom stereocenters. The fourth-order valence-electron chi connectivity index (χ4n) is 1.79. The van der Waals surface area contributed by atoms with E-state index >= 15 is 0 Å². The van der Waals surface area contributed by atoms with Crippen LogP contribution in [0.15, 0.2) is 34.6 Å². The van der Waals surface area contributed by atoms with Crippen LogP contribution in [-0.2, 0) is 0 Å². The molecule has 0 unspecified atom stereocenters. The van der Waals surface area contributed by atoms with Crippen molar-refractivity contribution in [1.29, 1.82) is 0 Å². The molecule has 2 aromatic heterocycles. The van der Waals surface area contributed by atoms with E-state index in [1.807, 2.05) is 0 Å². The lowest BCUT2D eigenvalue weighted by Crippen LogP contribution is -1.91. The van der Waals surface area contributed by atoms with Crippen molar-refractivity contribution in [2.75, 3.05) is 5.73 Å². The third kappa shape index (κ3) is 2.26. The number of anilines is 1. The molecule has 0 spiro atoms. The molecule has 19 heavy (non-hydrogen) atoms. The van der Waals surface area contributed by atoms with Crippen molar-refractivity contribution in [2.45, 2.75) is 23.9 Å². The van der Waals surface area contributed by atoms with Crippen LogP contribution in [0.5, 0.6) is 0 Å². The van der Waals surface area contributed by atoms with E-state index in [1.54, 1.807) is 11.8 Å². The fraction of sp³-hybridized carbons (Fsp3) is 0.154. The maximum atomic E-state index is 5.79. The van der Waals surface area contributed by atoms with Gasteiger partial charge in [0.05, 0.1) is 0 Å². The Hall–Kier alpha value is -2.08. The predicted molar refractivity (Wildman–Crippen MR) is 76.1 cm³/mol. The average molecular weight is 271 g/mol. The van der Waals surface area contributed by atoms with Gasteiger partial charge in [-0.2, -0.15) is 0 Å². The number of hydrogen-bond acceptors (Lipinski definition) is 5. The lowest BCUT2D eigenvalue weighted by atomic mass is 10.2. The van der Waals surface area contributed by atoms with Crippen LogP contribution in [0.3, 0.4) is 0 Å². The molecule has 0 aliphatic carbocycles. The van der Waals surface area contributed by atoms with Gasteiger partial charge in [-0.05, 0) is 31.0 Å². The number of imidazole rings is 1. The summed E-state index contributed by atoms with van der Waals surface area (Å²) < 4.78 is 0. The lowest BCUT2D eigenvalue weighted by Gasteiger charge is -2.04. The van der Waals surface area contributed by atoms with Gasteiger partial charge in [-0.3, -0.25) is 0 Å². The Bertz CT molecular complexity index is 750. The molecule has 3 N–H and O–H groups in total. The van der Waals surface area contributed by atoms with Crippen LogP contribution < -0.4 is 5.73 Å². The van der Waals surface area contributed by atoms with Gasteiger partial charge in [0.15, 0.2) is 16.6 Å². The highest BCUT2D eigenvalue weighted by Gasteiger charge is 2.09. The molecule has 2 heterocycles. The SMILES string of the molecule is Cc1ccc(C)c(Sc2nc3ncnc(N)c3[nH]2)c1. The number of fused-ring (bicyclic) bond motifs is 1. The molecule has 1 aromatic carbocycles. The highest BCUT2D eigenvalue weighted by Crippen LogP contribution is 2.30. The van der Waals surface area contributed by atoms with Gasteiger partial charge in [0, 0.05) is 4.90 Å². The van der Waals surface area contributed by atoms with Crippen LogP contribution in [0.1, 0.15) is 11.1 Å². The maximum absolute atomic E-state index is 5.79. The second-order valence-electron chi connectivity index (χ2n) is 4.37. The number of nitrogens with one attached hydrogen (secondary N) is 1. The molecule has 6 heteroatoms. The zero-order valence-corrected chi connectivity index (χ0v) is 11.5. The molecule has 0 amide bonds. The van der Waals surface area contributed by atoms with E-state index in [2.05, 4.69) is 52.0 Å². The summed E-state index contributed by atoms with van der Waals surface area (Å²) in [5, 5.41) is 0.774. The van der Waals surface area contributed by atoms with Crippen molar-refractivity contribution in [3.63, 3.8) is 0 Å². The average Bonchev–Trinajstić information content (AvgIpc) is 2.78. The van der Waals surface area contributed by atoms with Crippen LogP contribution >= 0.6 is 11.8 Å². The first-order valence-corrected chi connectivity index (χ1v) is 6.66. The summed E-state index contributed by atoms with van der Waals surface area (Å²) >= 11 is 1.57. The van der Waals surface area contributed by atoms with Gasteiger partial charge in [0.25, 0.3) is 0 Å². The number of aryl methyl sites for hydroxylation is 2. The van der Waals surface area contributed by atoms with E-state index in [1.165, 1.54) is 22.3 Å². The third-order valence-corrected chi connectivity index (χ3v) is 3.89. The minimum absolute atomic E-state index is 0.422. The highest BCUT2D eigenvalue weighted by molar-refractivity contribution is 7.99. The van der Waals surface area contributed by atoms with Crippen molar-refractivity contribution in [3.05, 3.63) is 35.7 Å². The maximum Gasteiger partial charge on any atom is 0.183 e. The molecule has 5 nitrogen and oxygen atoms in total. The molecule has 0 aliphatic heterocycles. The smallest absolute Gasteiger partial charge is 0.183 e. The summed E-state index contributed by atoms with van der Waals surface area (Å²) in [5.74, 6) is 0.422. The van der Waals surface area contributed by atoms with E-state index in [0.717, 1.165) is 5.16 Å². The van der Waals surface area contributed by atoms with E-state index in [-0.39, 0.29) is 0 Å². The Labute approximate surface area is 114 Å². The summed E-state index contributed by atoms with van der Waals surface area (Å²) in [6, 6.07) is 6.35. The normalized spacial score (nSPS) is 11.1. The molecule has 0 aliphatic rings. The van der Waals surface area contributed by atoms with E-state index in [4.69, 9.17) is 5.73 Å². The highest BCUT2D eigenvalue weighted by atomic mass is 32.2. The minimum Gasteiger partial charge on any atom is -0.382 e. The minimum atomic E-state index is 0.422. The summed E-state index contributed by atoms with van der Waals surface area (Å²) in [4.78, 5) is 16.8. The molecule has 0 radical (unpaired) electrons. The first-order valence-electron chi connectivity index (χ1n) is 5.85. The number of aromatic amines is 1. The van der Waals surface area contributed by atoms with E-state index < -0.39 is 0 Å². The first-order chi connectivity index (χ1) is 9.13. The van der Waals surface area contributed by atoms with Crippen LogP contribution in [0.2, 0.25) is 0 Å². The summed E-state index contributed by atoms with van der Waals surface area (Å²) in [5.41, 5.74) is 9.52. The number of nitrogens with two attached hydrogens (primary N) is 1. The van der Waals surface area contributed by atoms with Gasteiger partial charge in [0.1, 0.15) is 11.8 Å². The van der Waals surface area contributed by atoms with Gasteiger partial charge in [-0.1, -0.05) is 23.9 Å². The Morgan fingerprint density at radius 3 is 2.84 bits per heavy atom. The largest absolute Gasteiger partial charge is 0.382 e. The zero-order chi connectivity index (χ0) is 13.4. The summed E-state index contributed by atoms with van der Waals surface area (Å²) in [7, 11) is 0. The molecule has 3 rings (SSSR count). The zero-order valence-electron chi connectivity index (χ0n) is 10.6. The summed E-state index contributed by atoms with van der Waals surface area (Å²) in [6.45, 7) is 4.16. The topological polar surface area (TPSA) is 80.5 Å². The molecule has 0 saturated heterocycles. The Morgan fingerprint density at radius 1 is 1.21 bits per heavy atom. The van der Waals surface area contributed by atoms with E-state index in [0.29, 0.717) is 17.0 Å². The number of nitrogen functional groups attached to an aromatic ring is 1. The number of benzene rings is 1. The van der Waals surface area contributed by atoms with Gasteiger partial charge in [-0.15, -0.1) is 0 Å². The van der Waals surface area contributed by atoms with Crippen molar-refractivity contribution in [3.8, 4) is 0 Å². The van der Waals surface area contributed by atoms with Gasteiger partial charge >= 0.3 is 0 Å². The van der Waals surface area contributed by atoms with Crippen LogP contribution in [0, 0.1) is 13.8 Å². The van der Waals surface area contributed by atoms with E-state index in [9.17, 15) is 0 Å². The number of nitrogens with zero attached hydrogens (tertiary/aromatic N) is 3. The van der Waals surface area contributed by atoms with Crippen molar-refractivity contribution in [2.24, 2.45) is 0 Å². The number of aromatic nitrogens is 4. The van der Waals surface area contributed by atoms with Crippen molar-refractivity contribution in [1.82, 2.24) is 19.9 Å². The fourth-order valence-corrected chi connectivity index (χ4v) is 2.76.